The van der Waals surface area contributed by atoms with Gasteiger partial charge in [0.1, 0.15) is 11.4 Å². The van der Waals surface area contributed by atoms with Crippen LogP contribution >= 0.6 is 11.6 Å². The third-order valence-electron chi connectivity index (χ3n) is 2.21. The SMILES string of the molecule is CC(Cl)C(=O)NC1CCCCNC1=O. The lowest BCUT2D eigenvalue weighted by Crippen LogP contribution is -2.47. The minimum absolute atomic E-state index is 0.104. The van der Waals surface area contributed by atoms with Gasteiger partial charge in [-0.1, -0.05) is 0 Å². The molecule has 0 saturated carbocycles. The van der Waals surface area contributed by atoms with Crippen LogP contribution in [0.3, 0.4) is 0 Å². The first kappa shape index (κ1) is 11.3. The van der Waals surface area contributed by atoms with E-state index < -0.39 is 11.4 Å². The molecule has 2 N–H and O–H groups in total. The molecule has 0 aromatic heterocycles. The molecule has 1 saturated heterocycles. The van der Waals surface area contributed by atoms with Crippen LogP contribution in [0.15, 0.2) is 0 Å². The van der Waals surface area contributed by atoms with Gasteiger partial charge in [0.15, 0.2) is 0 Å². The molecule has 1 aliphatic heterocycles. The molecule has 2 amide bonds. The van der Waals surface area contributed by atoms with Crippen molar-refractivity contribution in [3.05, 3.63) is 0 Å². The minimum atomic E-state index is -0.592. The standard InChI is InChI=1S/C9H15ClN2O2/c1-6(10)8(13)12-7-4-2-3-5-11-9(7)14/h6-7H,2-5H2,1H3,(H,11,14)(H,12,13). The van der Waals surface area contributed by atoms with Gasteiger partial charge in [-0.25, -0.2) is 0 Å². The number of alkyl halides is 1. The van der Waals surface area contributed by atoms with E-state index in [1.807, 2.05) is 0 Å². The molecule has 0 bridgehead atoms. The molecular weight excluding hydrogens is 204 g/mol. The second-order valence-corrected chi connectivity index (χ2v) is 4.12. The molecule has 0 spiro atoms. The van der Waals surface area contributed by atoms with E-state index in [0.717, 1.165) is 12.8 Å². The predicted octanol–water partition coefficient (Wildman–Crippen LogP) is 0.399. The second kappa shape index (κ2) is 5.20. The highest BCUT2D eigenvalue weighted by Crippen LogP contribution is 2.06. The zero-order chi connectivity index (χ0) is 10.6. The molecule has 1 rings (SSSR count). The maximum atomic E-state index is 11.4. The summed E-state index contributed by atoms with van der Waals surface area (Å²) in [5, 5.41) is 4.78. The Hall–Kier alpha value is -0.770. The maximum Gasteiger partial charge on any atom is 0.242 e. The number of carbonyl (C=O) groups is 2. The number of rotatable bonds is 2. The molecule has 4 nitrogen and oxygen atoms in total. The van der Waals surface area contributed by atoms with Crippen LogP contribution in [0, 0.1) is 0 Å². The van der Waals surface area contributed by atoms with Crippen molar-refractivity contribution in [2.24, 2.45) is 0 Å². The second-order valence-electron chi connectivity index (χ2n) is 3.46. The Morgan fingerprint density at radius 1 is 1.64 bits per heavy atom. The van der Waals surface area contributed by atoms with E-state index in [-0.39, 0.29) is 11.8 Å². The van der Waals surface area contributed by atoms with Gasteiger partial charge in [0.25, 0.3) is 0 Å². The molecule has 2 unspecified atom stereocenters. The van der Waals surface area contributed by atoms with Crippen molar-refractivity contribution >= 4 is 23.4 Å². The average molecular weight is 219 g/mol. The summed E-state index contributed by atoms with van der Waals surface area (Å²) in [7, 11) is 0. The van der Waals surface area contributed by atoms with Crippen LogP contribution in [0.4, 0.5) is 0 Å². The van der Waals surface area contributed by atoms with E-state index in [9.17, 15) is 9.59 Å². The van der Waals surface area contributed by atoms with Gasteiger partial charge in [-0.05, 0) is 26.2 Å². The van der Waals surface area contributed by atoms with Crippen molar-refractivity contribution in [3.63, 3.8) is 0 Å². The lowest BCUT2D eigenvalue weighted by atomic mass is 10.1. The van der Waals surface area contributed by atoms with Crippen LogP contribution in [0.25, 0.3) is 0 Å². The molecule has 0 aromatic carbocycles. The van der Waals surface area contributed by atoms with Crippen molar-refractivity contribution in [2.75, 3.05) is 6.54 Å². The number of halogens is 1. The van der Waals surface area contributed by atoms with Crippen molar-refractivity contribution in [1.82, 2.24) is 10.6 Å². The molecule has 1 fully saturated rings. The summed E-state index contributed by atoms with van der Waals surface area (Å²) in [6.45, 7) is 2.28. The summed E-state index contributed by atoms with van der Waals surface area (Å²) in [4.78, 5) is 22.6. The molecular formula is C9H15ClN2O2. The Labute approximate surface area is 88.4 Å². The lowest BCUT2D eigenvalue weighted by molar-refractivity contribution is -0.128. The van der Waals surface area contributed by atoms with E-state index in [0.29, 0.717) is 13.0 Å². The molecule has 0 aromatic rings. The maximum absolute atomic E-state index is 11.4. The van der Waals surface area contributed by atoms with E-state index in [2.05, 4.69) is 10.6 Å². The summed E-state index contributed by atoms with van der Waals surface area (Å²) in [5.74, 6) is -0.387. The number of carbonyl (C=O) groups excluding carboxylic acids is 2. The van der Waals surface area contributed by atoms with Gasteiger partial charge < -0.3 is 10.6 Å². The van der Waals surface area contributed by atoms with Crippen LogP contribution in [-0.2, 0) is 9.59 Å². The zero-order valence-corrected chi connectivity index (χ0v) is 8.93. The first-order valence-corrected chi connectivity index (χ1v) is 5.27. The molecule has 14 heavy (non-hydrogen) atoms. The molecule has 0 aliphatic carbocycles. The summed E-state index contributed by atoms with van der Waals surface area (Å²) >= 11 is 5.59. The molecule has 1 heterocycles. The number of hydrogen-bond donors (Lipinski definition) is 2. The highest BCUT2D eigenvalue weighted by molar-refractivity contribution is 6.30. The fourth-order valence-electron chi connectivity index (χ4n) is 1.36. The Morgan fingerprint density at radius 3 is 3.00 bits per heavy atom. The number of amides is 2. The molecule has 5 heteroatoms. The Bertz CT molecular complexity index is 231. The quantitative estimate of drug-likeness (QED) is 0.660. The third kappa shape index (κ3) is 3.18. The van der Waals surface area contributed by atoms with E-state index in [4.69, 9.17) is 11.6 Å². The van der Waals surface area contributed by atoms with Crippen molar-refractivity contribution < 1.29 is 9.59 Å². The molecule has 2 atom stereocenters. The summed E-state index contributed by atoms with van der Waals surface area (Å²) < 4.78 is 0. The van der Waals surface area contributed by atoms with Crippen LogP contribution < -0.4 is 10.6 Å². The highest BCUT2D eigenvalue weighted by atomic mass is 35.5. The van der Waals surface area contributed by atoms with E-state index >= 15 is 0 Å². The fourth-order valence-corrected chi connectivity index (χ4v) is 1.43. The van der Waals surface area contributed by atoms with E-state index in [1.54, 1.807) is 6.92 Å². The largest absolute Gasteiger partial charge is 0.354 e. The van der Waals surface area contributed by atoms with Gasteiger partial charge in [-0.15, -0.1) is 11.6 Å². The molecule has 1 aliphatic rings. The van der Waals surface area contributed by atoms with Gasteiger partial charge >= 0.3 is 0 Å². The van der Waals surface area contributed by atoms with Crippen molar-refractivity contribution in [3.8, 4) is 0 Å². The lowest BCUT2D eigenvalue weighted by Gasteiger charge is -2.15. The van der Waals surface area contributed by atoms with Crippen LogP contribution in [0.5, 0.6) is 0 Å². The monoisotopic (exact) mass is 218 g/mol. The predicted molar refractivity (Wildman–Crippen MR) is 54.1 cm³/mol. The Kier molecular flexibility index (Phi) is 4.20. The van der Waals surface area contributed by atoms with Gasteiger partial charge in [0, 0.05) is 6.54 Å². The topological polar surface area (TPSA) is 58.2 Å². The van der Waals surface area contributed by atoms with E-state index in [1.165, 1.54) is 0 Å². The normalized spacial score (nSPS) is 24.7. The average Bonchev–Trinajstić information content (AvgIpc) is 2.32. The van der Waals surface area contributed by atoms with Gasteiger partial charge in [-0.3, -0.25) is 9.59 Å². The summed E-state index contributed by atoms with van der Waals surface area (Å²) in [6.07, 6.45) is 2.61. The summed E-state index contributed by atoms with van der Waals surface area (Å²) in [5.41, 5.74) is 0. The first-order valence-electron chi connectivity index (χ1n) is 4.83. The summed E-state index contributed by atoms with van der Waals surface area (Å²) in [6, 6.07) is -0.411. The smallest absolute Gasteiger partial charge is 0.242 e. The Balaban J connectivity index is 2.48. The van der Waals surface area contributed by atoms with Crippen LogP contribution in [0.1, 0.15) is 26.2 Å². The zero-order valence-electron chi connectivity index (χ0n) is 8.18. The van der Waals surface area contributed by atoms with Crippen LogP contribution in [0.2, 0.25) is 0 Å². The van der Waals surface area contributed by atoms with Gasteiger partial charge in [-0.2, -0.15) is 0 Å². The Morgan fingerprint density at radius 2 is 2.36 bits per heavy atom. The molecule has 0 radical (unpaired) electrons. The third-order valence-corrected chi connectivity index (χ3v) is 2.41. The number of nitrogens with one attached hydrogen (secondary N) is 2. The number of hydrogen-bond acceptors (Lipinski definition) is 2. The van der Waals surface area contributed by atoms with Crippen molar-refractivity contribution in [1.29, 1.82) is 0 Å². The fraction of sp³-hybridized carbons (Fsp3) is 0.778. The minimum Gasteiger partial charge on any atom is -0.354 e. The van der Waals surface area contributed by atoms with Crippen molar-refractivity contribution in [2.45, 2.75) is 37.6 Å². The first-order chi connectivity index (χ1) is 6.61. The van der Waals surface area contributed by atoms with Crippen LogP contribution in [-0.4, -0.2) is 29.8 Å². The highest BCUT2D eigenvalue weighted by Gasteiger charge is 2.23. The van der Waals surface area contributed by atoms with Gasteiger partial charge in [0.05, 0.1) is 0 Å². The van der Waals surface area contributed by atoms with Gasteiger partial charge in [0.2, 0.25) is 11.8 Å². The molecule has 80 valence electrons.